The Kier molecular flexibility index (Phi) is 5.14. The van der Waals surface area contributed by atoms with Crippen LogP contribution in [-0.4, -0.2) is 9.97 Å². The molecule has 1 atom stereocenters. The highest BCUT2D eigenvalue weighted by Gasteiger charge is 2.15. The molecule has 3 nitrogen and oxygen atoms in total. The van der Waals surface area contributed by atoms with Crippen LogP contribution in [0, 0.1) is 0 Å². The maximum Gasteiger partial charge on any atom is 0.123 e. The van der Waals surface area contributed by atoms with Gasteiger partial charge in [-0.3, -0.25) is 10.3 Å². The summed E-state index contributed by atoms with van der Waals surface area (Å²) in [7, 11) is 0. The first-order valence-electron chi connectivity index (χ1n) is 8.59. The third kappa shape index (κ3) is 3.87. The first-order valence-corrected chi connectivity index (χ1v) is 9.47. The number of nitrogens with zero attached hydrogens (tertiary/aromatic N) is 2. The smallest absolute Gasteiger partial charge is 0.123 e. The highest BCUT2D eigenvalue weighted by Crippen LogP contribution is 2.25. The van der Waals surface area contributed by atoms with E-state index in [1.807, 2.05) is 42.6 Å². The van der Waals surface area contributed by atoms with Crippen LogP contribution in [0.25, 0.3) is 10.6 Å². The molecule has 4 rings (SSSR count). The highest BCUT2D eigenvalue weighted by atomic mass is 32.1. The highest BCUT2D eigenvalue weighted by molar-refractivity contribution is 7.13. The topological polar surface area (TPSA) is 37.8 Å². The molecule has 0 amide bonds. The minimum atomic E-state index is 0.0410. The molecule has 4 aromatic rings. The summed E-state index contributed by atoms with van der Waals surface area (Å²) in [6.07, 6.45) is 1.84. The SMILES string of the molecule is c1ccc(-c2nc(CNC(c3ccccc3)c3ccccn3)cs2)cc1. The number of nitrogens with one attached hydrogen (secondary N) is 1. The molecule has 0 radical (unpaired) electrons. The van der Waals surface area contributed by atoms with E-state index in [0.717, 1.165) is 22.0 Å². The minimum absolute atomic E-state index is 0.0410. The van der Waals surface area contributed by atoms with Crippen LogP contribution in [0.1, 0.15) is 23.0 Å². The van der Waals surface area contributed by atoms with E-state index in [1.54, 1.807) is 11.3 Å². The van der Waals surface area contributed by atoms with E-state index in [-0.39, 0.29) is 6.04 Å². The van der Waals surface area contributed by atoms with Gasteiger partial charge in [0.15, 0.2) is 0 Å². The Morgan fingerprint density at radius 2 is 1.58 bits per heavy atom. The molecule has 2 aromatic carbocycles. The summed E-state index contributed by atoms with van der Waals surface area (Å²) in [5.74, 6) is 0. The van der Waals surface area contributed by atoms with Crippen LogP contribution in [0.15, 0.2) is 90.4 Å². The molecule has 128 valence electrons. The summed E-state index contributed by atoms with van der Waals surface area (Å²) in [5.41, 5.74) is 4.42. The number of aromatic nitrogens is 2. The Labute approximate surface area is 157 Å². The van der Waals surface area contributed by atoms with Gasteiger partial charge in [0.05, 0.1) is 17.4 Å². The third-order valence-corrected chi connectivity index (χ3v) is 5.12. The van der Waals surface area contributed by atoms with Crippen LogP contribution < -0.4 is 5.32 Å². The Morgan fingerprint density at radius 1 is 0.846 bits per heavy atom. The average molecular weight is 357 g/mol. The number of hydrogen-bond acceptors (Lipinski definition) is 4. The number of benzene rings is 2. The number of pyridine rings is 1. The van der Waals surface area contributed by atoms with Crippen molar-refractivity contribution >= 4 is 11.3 Å². The van der Waals surface area contributed by atoms with Crippen LogP contribution >= 0.6 is 11.3 Å². The third-order valence-electron chi connectivity index (χ3n) is 4.18. The van der Waals surface area contributed by atoms with Crippen molar-refractivity contribution in [1.82, 2.24) is 15.3 Å². The molecule has 4 heteroatoms. The Morgan fingerprint density at radius 3 is 2.31 bits per heavy atom. The molecule has 0 saturated carbocycles. The predicted molar refractivity (Wildman–Crippen MR) is 107 cm³/mol. The van der Waals surface area contributed by atoms with Crippen molar-refractivity contribution in [2.45, 2.75) is 12.6 Å². The van der Waals surface area contributed by atoms with E-state index in [1.165, 1.54) is 5.56 Å². The van der Waals surface area contributed by atoms with Gasteiger partial charge >= 0.3 is 0 Å². The van der Waals surface area contributed by atoms with Crippen LogP contribution in [0.2, 0.25) is 0 Å². The van der Waals surface area contributed by atoms with Crippen LogP contribution in [0.4, 0.5) is 0 Å². The lowest BCUT2D eigenvalue weighted by atomic mass is 10.0. The lowest BCUT2D eigenvalue weighted by molar-refractivity contribution is 0.586. The van der Waals surface area contributed by atoms with Crippen molar-refractivity contribution in [3.8, 4) is 10.6 Å². The van der Waals surface area contributed by atoms with Crippen LogP contribution in [-0.2, 0) is 6.54 Å². The normalized spacial score (nSPS) is 12.0. The van der Waals surface area contributed by atoms with Gasteiger partial charge in [-0.15, -0.1) is 11.3 Å². The van der Waals surface area contributed by atoms with Crippen LogP contribution in [0.3, 0.4) is 0 Å². The lowest BCUT2D eigenvalue weighted by Gasteiger charge is -2.18. The Balaban J connectivity index is 1.53. The fourth-order valence-electron chi connectivity index (χ4n) is 2.89. The number of rotatable bonds is 6. The first kappa shape index (κ1) is 16.6. The van der Waals surface area contributed by atoms with E-state index in [9.17, 15) is 0 Å². The van der Waals surface area contributed by atoms with E-state index in [2.05, 4.69) is 58.1 Å². The molecular formula is C22H19N3S. The van der Waals surface area contributed by atoms with Gasteiger partial charge in [0.25, 0.3) is 0 Å². The second-order valence-electron chi connectivity index (χ2n) is 5.99. The van der Waals surface area contributed by atoms with Crippen molar-refractivity contribution in [2.75, 3.05) is 0 Å². The molecule has 0 spiro atoms. The van der Waals surface area contributed by atoms with E-state index >= 15 is 0 Å². The molecule has 0 fully saturated rings. The van der Waals surface area contributed by atoms with Gasteiger partial charge in [-0.25, -0.2) is 4.98 Å². The van der Waals surface area contributed by atoms with Gasteiger partial charge in [-0.1, -0.05) is 66.7 Å². The summed E-state index contributed by atoms with van der Waals surface area (Å²) >= 11 is 1.68. The molecule has 2 heterocycles. The van der Waals surface area contributed by atoms with Gasteiger partial charge < -0.3 is 0 Å². The monoisotopic (exact) mass is 357 g/mol. The quantitative estimate of drug-likeness (QED) is 0.523. The standard InChI is InChI=1S/C22H19N3S/c1-3-9-17(10-4-1)21(20-13-7-8-14-23-20)24-15-19-16-26-22(25-19)18-11-5-2-6-12-18/h1-14,16,21,24H,15H2. The molecule has 26 heavy (non-hydrogen) atoms. The molecule has 0 saturated heterocycles. The lowest BCUT2D eigenvalue weighted by Crippen LogP contribution is -2.23. The van der Waals surface area contributed by atoms with Crippen molar-refractivity contribution < 1.29 is 0 Å². The van der Waals surface area contributed by atoms with E-state index < -0.39 is 0 Å². The fraction of sp³-hybridized carbons (Fsp3) is 0.0909. The summed E-state index contributed by atoms with van der Waals surface area (Å²) < 4.78 is 0. The molecule has 0 aliphatic carbocycles. The predicted octanol–water partition coefficient (Wildman–Crippen LogP) is 5.08. The maximum absolute atomic E-state index is 4.78. The second kappa shape index (κ2) is 8.04. The molecule has 0 aliphatic heterocycles. The van der Waals surface area contributed by atoms with Gasteiger partial charge in [-0.2, -0.15) is 0 Å². The molecule has 2 aromatic heterocycles. The molecule has 0 aliphatic rings. The van der Waals surface area contributed by atoms with E-state index in [0.29, 0.717) is 6.54 Å². The average Bonchev–Trinajstić information content (AvgIpc) is 3.20. The first-order chi connectivity index (χ1) is 12.9. The maximum atomic E-state index is 4.78. The zero-order valence-corrected chi connectivity index (χ0v) is 15.1. The Hall–Kier alpha value is -2.82. The van der Waals surface area contributed by atoms with Crippen LogP contribution in [0.5, 0.6) is 0 Å². The zero-order valence-electron chi connectivity index (χ0n) is 14.2. The molecule has 1 unspecified atom stereocenters. The summed E-state index contributed by atoms with van der Waals surface area (Å²) in [6.45, 7) is 0.694. The van der Waals surface area contributed by atoms with Gasteiger partial charge in [0.1, 0.15) is 5.01 Å². The molecule has 1 N–H and O–H groups in total. The van der Waals surface area contributed by atoms with Gasteiger partial charge in [0, 0.05) is 23.7 Å². The minimum Gasteiger partial charge on any atom is -0.299 e. The number of thiazole rings is 1. The van der Waals surface area contributed by atoms with Crippen molar-refractivity contribution in [2.24, 2.45) is 0 Å². The second-order valence-corrected chi connectivity index (χ2v) is 6.85. The number of hydrogen-bond donors (Lipinski definition) is 1. The van der Waals surface area contributed by atoms with Crippen molar-refractivity contribution in [3.63, 3.8) is 0 Å². The van der Waals surface area contributed by atoms with Gasteiger partial charge in [0.2, 0.25) is 0 Å². The van der Waals surface area contributed by atoms with Gasteiger partial charge in [-0.05, 0) is 17.7 Å². The molecule has 0 bridgehead atoms. The summed E-state index contributed by atoms with van der Waals surface area (Å²) in [5, 5.41) is 6.79. The zero-order chi connectivity index (χ0) is 17.6. The molecular weight excluding hydrogens is 338 g/mol. The summed E-state index contributed by atoms with van der Waals surface area (Å²) in [6, 6.07) is 26.8. The largest absolute Gasteiger partial charge is 0.299 e. The van der Waals surface area contributed by atoms with E-state index in [4.69, 9.17) is 4.98 Å². The summed E-state index contributed by atoms with van der Waals surface area (Å²) in [4.78, 5) is 9.32. The fourth-order valence-corrected chi connectivity index (χ4v) is 3.72. The van der Waals surface area contributed by atoms with Crippen molar-refractivity contribution in [3.05, 3.63) is 107 Å². The van der Waals surface area contributed by atoms with Crippen molar-refractivity contribution in [1.29, 1.82) is 0 Å². The Bertz CT molecular complexity index is 897.